The van der Waals surface area contributed by atoms with Crippen molar-refractivity contribution < 1.29 is 23.0 Å². The summed E-state index contributed by atoms with van der Waals surface area (Å²) in [4.78, 5) is 0. The maximum atomic E-state index is 11.7. The van der Waals surface area contributed by atoms with E-state index in [1.54, 1.807) is 6.92 Å². The molecule has 0 aromatic carbocycles. The van der Waals surface area contributed by atoms with Crippen LogP contribution >= 0.6 is 0 Å². The molecule has 1 heterocycles. The molecule has 1 aliphatic carbocycles. The highest BCUT2D eigenvalue weighted by molar-refractivity contribution is 7.91. The maximum Gasteiger partial charge on any atom is 0.185 e. The zero-order valence-electron chi connectivity index (χ0n) is 9.39. The Bertz CT molecular complexity index is 348. The highest BCUT2D eigenvalue weighted by Crippen LogP contribution is 2.46. The molecule has 1 saturated carbocycles. The van der Waals surface area contributed by atoms with Crippen molar-refractivity contribution in [3.05, 3.63) is 0 Å². The first-order chi connectivity index (χ1) is 7.51. The molecular formula is C10H18O5S. The van der Waals surface area contributed by atoms with Crippen molar-refractivity contribution in [2.75, 3.05) is 24.7 Å². The first kappa shape index (κ1) is 12.3. The molecule has 6 heteroatoms. The maximum absolute atomic E-state index is 11.7. The fraction of sp³-hybridized carbons (Fsp3) is 1.00. The molecule has 0 amide bonds. The fourth-order valence-electron chi connectivity index (χ4n) is 2.01. The number of hydrogen-bond acceptors (Lipinski definition) is 5. The van der Waals surface area contributed by atoms with Gasteiger partial charge in [-0.3, -0.25) is 0 Å². The van der Waals surface area contributed by atoms with Gasteiger partial charge in [0, 0.05) is 11.7 Å². The molecule has 2 aliphatic rings. The van der Waals surface area contributed by atoms with E-state index in [1.807, 2.05) is 0 Å². The molecular weight excluding hydrogens is 232 g/mol. The summed E-state index contributed by atoms with van der Waals surface area (Å²) in [5, 5.41) is 9.00. The van der Waals surface area contributed by atoms with Crippen LogP contribution in [0.15, 0.2) is 0 Å². The van der Waals surface area contributed by atoms with Crippen LogP contribution in [-0.2, 0) is 19.3 Å². The summed E-state index contributed by atoms with van der Waals surface area (Å²) >= 11 is 0. The second kappa shape index (κ2) is 4.25. The summed E-state index contributed by atoms with van der Waals surface area (Å²) in [6.07, 6.45) is 1.50. The van der Waals surface area contributed by atoms with Crippen LogP contribution in [0.2, 0.25) is 0 Å². The third-order valence-corrected chi connectivity index (χ3v) is 4.87. The average molecular weight is 250 g/mol. The van der Waals surface area contributed by atoms with E-state index in [1.165, 1.54) is 0 Å². The van der Waals surface area contributed by atoms with Crippen LogP contribution < -0.4 is 0 Å². The number of rotatable bonds is 5. The topological polar surface area (TPSA) is 72.8 Å². The van der Waals surface area contributed by atoms with Crippen LogP contribution in [0.1, 0.15) is 19.8 Å². The van der Waals surface area contributed by atoms with Gasteiger partial charge >= 0.3 is 0 Å². The molecule has 2 rings (SSSR count). The largest absolute Gasteiger partial charge is 0.394 e. The van der Waals surface area contributed by atoms with E-state index >= 15 is 0 Å². The minimum Gasteiger partial charge on any atom is -0.394 e. The van der Waals surface area contributed by atoms with Crippen LogP contribution in [0, 0.1) is 5.92 Å². The second-order valence-corrected chi connectivity index (χ2v) is 6.85. The molecule has 16 heavy (non-hydrogen) atoms. The van der Waals surface area contributed by atoms with Crippen LogP contribution in [-0.4, -0.2) is 50.1 Å². The molecule has 2 unspecified atom stereocenters. The smallest absolute Gasteiger partial charge is 0.185 e. The summed E-state index contributed by atoms with van der Waals surface area (Å²) < 4.78 is 34.5. The lowest BCUT2D eigenvalue weighted by atomic mass is 10.2. The van der Waals surface area contributed by atoms with Crippen LogP contribution in [0.4, 0.5) is 0 Å². The van der Waals surface area contributed by atoms with Crippen molar-refractivity contribution in [1.82, 2.24) is 0 Å². The van der Waals surface area contributed by atoms with Crippen molar-refractivity contribution in [2.24, 2.45) is 5.92 Å². The molecule has 0 aromatic heterocycles. The van der Waals surface area contributed by atoms with Gasteiger partial charge in [0.2, 0.25) is 0 Å². The van der Waals surface area contributed by atoms with Gasteiger partial charge in [-0.15, -0.1) is 0 Å². The van der Waals surface area contributed by atoms with E-state index in [2.05, 4.69) is 0 Å². The molecule has 1 aliphatic heterocycles. The third-order valence-electron chi connectivity index (χ3n) is 3.14. The van der Waals surface area contributed by atoms with Gasteiger partial charge in [0.1, 0.15) is 11.9 Å². The van der Waals surface area contributed by atoms with Gasteiger partial charge in [0.25, 0.3) is 0 Å². The van der Waals surface area contributed by atoms with Gasteiger partial charge in [-0.05, 0) is 12.8 Å². The van der Waals surface area contributed by atoms with Gasteiger partial charge in [-0.2, -0.15) is 0 Å². The highest BCUT2D eigenvalue weighted by Gasteiger charge is 2.54. The Morgan fingerprint density at radius 3 is 2.56 bits per heavy atom. The van der Waals surface area contributed by atoms with E-state index in [9.17, 15) is 8.42 Å². The van der Waals surface area contributed by atoms with Crippen molar-refractivity contribution in [2.45, 2.75) is 31.7 Å². The van der Waals surface area contributed by atoms with Gasteiger partial charge in [-0.25, -0.2) is 8.42 Å². The van der Waals surface area contributed by atoms with Crippen molar-refractivity contribution in [1.29, 1.82) is 0 Å². The molecule has 1 N–H and O–H groups in total. The van der Waals surface area contributed by atoms with Gasteiger partial charge in [0.15, 0.2) is 15.6 Å². The van der Waals surface area contributed by atoms with E-state index in [0.29, 0.717) is 0 Å². The fourth-order valence-corrected chi connectivity index (χ4v) is 3.22. The Morgan fingerprint density at radius 1 is 1.44 bits per heavy atom. The summed E-state index contributed by atoms with van der Waals surface area (Å²) in [7, 11) is -3.13. The standard InChI is InChI=1S/C10H18O5S/c1-2-16(12,13)7-10(8-3-4-8)14-6-9(5-11)15-10/h8-9,11H,2-7H2,1H3. The zero-order chi connectivity index (χ0) is 11.8. The monoisotopic (exact) mass is 250 g/mol. The third kappa shape index (κ3) is 2.40. The normalized spacial score (nSPS) is 35.5. The zero-order valence-corrected chi connectivity index (χ0v) is 10.2. The minimum absolute atomic E-state index is 0.0856. The molecule has 0 aromatic rings. The Morgan fingerprint density at radius 2 is 2.12 bits per heavy atom. The van der Waals surface area contributed by atoms with Gasteiger partial charge < -0.3 is 14.6 Å². The quantitative estimate of drug-likeness (QED) is 0.739. The summed E-state index contributed by atoms with van der Waals surface area (Å²) in [5.74, 6) is -0.803. The highest BCUT2D eigenvalue weighted by atomic mass is 32.2. The number of sulfone groups is 1. The van der Waals surface area contributed by atoms with E-state index in [0.717, 1.165) is 12.8 Å². The van der Waals surface area contributed by atoms with Gasteiger partial charge in [0.05, 0.1) is 13.2 Å². The minimum atomic E-state index is -3.13. The first-order valence-electron chi connectivity index (χ1n) is 5.64. The van der Waals surface area contributed by atoms with Crippen LogP contribution in [0.25, 0.3) is 0 Å². The molecule has 94 valence electrons. The van der Waals surface area contributed by atoms with Crippen LogP contribution in [0.5, 0.6) is 0 Å². The van der Waals surface area contributed by atoms with Crippen molar-refractivity contribution >= 4 is 9.84 Å². The lowest BCUT2D eigenvalue weighted by molar-refractivity contribution is -0.169. The lowest BCUT2D eigenvalue weighted by Crippen LogP contribution is -2.42. The SMILES string of the molecule is CCS(=O)(=O)CC1(C2CC2)OCC(CO)O1. The number of aliphatic hydroxyl groups is 1. The number of aliphatic hydroxyl groups excluding tert-OH is 1. The first-order valence-corrected chi connectivity index (χ1v) is 7.46. The number of ether oxygens (including phenoxy) is 2. The molecule has 1 saturated heterocycles. The van der Waals surface area contributed by atoms with Gasteiger partial charge in [-0.1, -0.05) is 6.92 Å². The van der Waals surface area contributed by atoms with Crippen molar-refractivity contribution in [3.63, 3.8) is 0 Å². The second-order valence-electron chi connectivity index (χ2n) is 4.50. The Hall–Kier alpha value is -0.170. The summed E-state index contributed by atoms with van der Waals surface area (Å²) in [6, 6.07) is 0. The molecule has 2 fully saturated rings. The number of hydrogen-bond donors (Lipinski definition) is 1. The Kier molecular flexibility index (Phi) is 3.27. The van der Waals surface area contributed by atoms with Crippen molar-refractivity contribution in [3.8, 4) is 0 Å². The summed E-state index contributed by atoms with van der Waals surface area (Å²) in [5.41, 5.74) is 0. The Labute approximate surface area is 95.7 Å². The molecule has 5 nitrogen and oxygen atoms in total. The molecule has 0 spiro atoms. The summed E-state index contributed by atoms with van der Waals surface area (Å²) in [6.45, 7) is 1.78. The molecule has 0 radical (unpaired) electrons. The Balaban J connectivity index is 2.12. The molecule has 0 bridgehead atoms. The van der Waals surface area contributed by atoms with E-state index in [-0.39, 0.29) is 36.7 Å². The lowest BCUT2D eigenvalue weighted by Gasteiger charge is -2.27. The van der Waals surface area contributed by atoms with E-state index in [4.69, 9.17) is 14.6 Å². The van der Waals surface area contributed by atoms with Crippen LogP contribution in [0.3, 0.4) is 0 Å². The predicted molar refractivity (Wildman–Crippen MR) is 57.7 cm³/mol. The van der Waals surface area contributed by atoms with E-state index < -0.39 is 15.6 Å². The average Bonchev–Trinajstić information content (AvgIpc) is 3.02. The predicted octanol–water partition coefficient (Wildman–Crippen LogP) is -0.0649. The molecule has 2 atom stereocenters.